The van der Waals surface area contributed by atoms with Crippen LogP contribution in [-0.4, -0.2) is 21.1 Å². The van der Waals surface area contributed by atoms with Gasteiger partial charge >= 0.3 is 0 Å². The van der Waals surface area contributed by atoms with Crippen LogP contribution in [0.25, 0.3) is 0 Å². The number of halogens is 1. The van der Waals surface area contributed by atoms with E-state index in [0.717, 1.165) is 0 Å². The van der Waals surface area contributed by atoms with Gasteiger partial charge in [-0.1, -0.05) is 0 Å². The van der Waals surface area contributed by atoms with Crippen LogP contribution < -0.4 is 5.32 Å². The Balaban J connectivity index is 2.11. The van der Waals surface area contributed by atoms with Crippen LogP contribution >= 0.6 is 27.3 Å². The van der Waals surface area contributed by atoms with Crippen molar-refractivity contribution in [3.63, 3.8) is 0 Å². The summed E-state index contributed by atoms with van der Waals surface area (Å²) in [5.74, 6) is 0.115. The Labute approximate surface area is 97.7 Å². The lowest BCUT2D eigenvalue weighted by Gasteiger charge is -1.99. The van der Waals surface area contributed by atoms with Gasteiger partial charge in [-0.25, -0.2) is 4.98 Å². The van der Waals surface area contributed by atoms with Crippen LogP contribution in [0.15, 0.2) is 27.6 Å². The largest absolute Gasteiger partial charge is 0.304 e. The van der Waals surface area contributed by atoms with E-state index in [2.05, 4.69) is 36.4 Å². The van der Waals surface area contributed by atoms with Crippen LogP contribution in [0, 0.1) is 0 Å². The van der Waals surface area contributed by atoms with Gasteiger partial charge in [0.15, 0.2) is 9.73 Å². The smallest absolute Gasteiger partial charge is 0.276 e. The second-order valence-corrected chi connectivity index (χ2v) is 4.68. The molecule has 0 saturated heterocycles. The van der Waals surface area contributed by atoms with E-state index in [4.69, 9.17) is 0 Å². The normalized spacial score (nSPS) is 9.93. The van der Waals surface area contributed by atoms with Crippen molar-refractivity contribution < 1.29 is 4.79 Å². The highest BCUT2D eigenvalue weighted by Gasteiger charge is 2.10. The molecule has 0 spiro atoms. The molecular weight excluding hydrogens is 280 g/mol. The van der Waals surface area contributed by atoms with E-state index in [1.54, 1.807) is 17.5 Å². The van der Waals surface area contributed by atoms with Gasteiger partial charge in [0.25, 0.3) is 5.91 Å². The first-order chi connectivity index (χ1) is 7.25. The topological polar surface area (TPSA) is 67.8 Å². The maximum absolute atomic E-state index is 11.6. The van der Waals surface area contributed by atoms with E-state index in [-0.39, 0.29) is 5.91 Å². The number of carbonyl (C=O) groups is 1. The summed E-state index contributed by atoms with van der Waals surface area (Å²) < 4.78 is 0.673. The number of anilines is 1. The van der Waals surface area contributed by atoms with Crippen molar-refractivity contribution in [1.29, 1.82) is 0 Å². The molecule has 0 aliphatic heterocycles. The van der Waals surface area contributed by atoms with Gasteiger partial charge in [0.05, 0.1) is 0 Å². The molecule has 2 aromatic heterocycles. The monoisotopic (exact) mass is 284 g/mol. The molecule has 1 amide bonds. The molecule has 0 bridgehead atoms. The van der Waals surface area contributed by atoms with Crippen molar-refractivity contribution in [2.75, 3.05) is 5.32 Å². The third kappa shape index (κ3) is 2.57. The highest BCUT2D eigenvalue weighted by molar-refractivity contribution is 9.11. The van der Waals surface area contributed by atoms with Crippen molar-refractivity contribution in [2.24, 2.45) is 0 Å². The standard InChI is InChI=1S/C8H5BrN4OS/c9-8-11-5(4-15-8)7(14)12-6-2-1-3-10-13-6/h1-4H,(H,12,13,14). The lowest BCUT2D eigenvalue weighted by atomic mass is 10.4. The molecule has 5 nitrogen and oxygen atoms in total. The third-order valence-corrected chi connectivity index (χ3v) is 2.89. The molecule has 0 radical (unpaired) electrons. The quantitative estimate of drug-likeness (QED) is 0.915. The number of nitrogens with zero attached hydrogens (tertiary/aromatic N) is 3. The first-order valence-electron chi connectivity index (χ1n) is 3.96. The van der Waals surface area contributed by atoms with Gasteiger partial charge in [-0.05, 0) is 28.1 Å². The highest BCUT2D eigenvalue weighted by atomic mass is 79.9. The fourth-order valence-corrected chi connectivity index (χ4v) is 1.90. The van der Waals surface area contributed by atoms with Gasteiger partial charge in [-0.15, -0.1) is 16.4 Å². The van der Waals surface area contributed by atoms with Crippen LogP contribution in [0.1, 0.15) is 10.5 Å². The summed E-state index contributed by atoms with van der Waals surface area (Å²) in [4.78, 5) is 15.6. The minimum atomic E-state index is -0.294. The van der Waals surface area contributed by atoms with Gasteiger partial charge in [0, 0.05) is 11.6 Å². The fourth-order valence-electron chi connectivity index (χ4n) is 0.905. The SMILES string of the molecule is O=C(Nc1cccnn1)c1csc(Br)n1. The molecule has 0 aliphatic carbocycles. The molecule has 0 aromatic carbocycles. The average Bonchev–Trinajstić information content (AvgIpc) is 2.66. The lowest BCUT2D eigenvalue weighted by Crippen LogP contribution is -2.13. The summed E-state index contributed by atoms with van der Waals surface area (Å²) in [6, 6.07) is 3.35. The number of hydrogen-bond acceptors (Lipinski definition) is 5. The molecule has 2 rings (SSSR count). The Morgan fingerprint density at radius 3 is 3.00 bits per heavy atom. The van der Waals surface area contributed by atoms with E-state index < -0.39 is 0 Å². The van der Waals surface area contributed by atoms with Gasteiger partial charge in [0.2, 0.25) is 0 Å². The van der Waals surface area contributed by atoms with Crippen LogP contribution in [0.3, 0.4) is 0 Å². The van der Waals surface area contributed by atoms with E-state index in [1.807, 2.05) is 0 Å². The molecule has 0 atom stereocenters. The Morgan fingerprint density at radius 2 is 2.40 bits per heavy atom. The predicted octanol–water partition coefficient (Wildman–Crippen LogP) is 1.95. The van der Waals surface area contributed by atoms with Gasteiger partial charge in [-0.3, -0.25) is 4.79 Å². The number of rotatable bonds is 2. The van der Waals surface area contributed by atoms with Gasteiger partial charge in [-0.2, -0.15) is 5.10 Å². The molecule has 2 heterocycles. The Bertz CT molecular complexity index is 473. The molecule has 76 valence electrons. The number of carbonyl (C=O) groups excluding carboxylic acids is 1. The molecule has 2 aromatic rings. The molecule has 0 aliphatic rings. The number of hydrogen-bond donors (Lipinski definition) is 1. The van der Waals surface area contributed by atoms with E-state index in [0.29, 0.717) is 15.4 Å². The molecule has 7 heteroatoms. The zero-order valence-electron chi connectivity index (χ0n) is 7.35. The van der Waals surface area contributed by atoms with E-state index in [1.165, 1.54) is 17.5 Å². The van der Waals surface area contributed by atoms with E-state index in [9.17, 15) is 4.79 Å². The van der Waals surface area contributed by atoms with Crippen LogP contribution in [0.2, 0.25) is 0 Å². The molecule has 0 fully saturated rings. The second kappa shape index (κ2) is 4.45. The average molecular weight is 285 g/mol. The number of aromatic nitrogens is 3. The molecule has 15 heavy (non-hydrogen) atoms. The zero-order chi connectivity index (χ0) is 10.7. The van der Waals surface area contributed by atoms with Crippen molar-refractivity contribution in [3.8, 4) is 0 Å². The second-order valence-electron chi connectivity index (χ2n) is 2.55. The zero-order valence-corrected chi connectivity index (χ0v) is 9.75. The summed E-state index contributed by atoms with van der Waals surface area (Å²) in [6.45, 7) is 0. The summed E-state index contributed by atoms with van der Waals surface area (Å²) in [6.07, 6.45) is 1.54. The molecule has 0 saturated carbocycles. The Morgan fingerprint density at radius 1 is 1.53 bits per heavy atom. The Kier molecular flexibility index (Phi) is 3.02. The van der Waals surface area contributed by atoms with Gasteiger partial charge in [0.1, 0.15) is 5.69 Å². The summed E-state index contributed by atoms with van der Waals surface area (Å²) in [5, 5.41) is 11.6. The molecule has 1 N–H and O–H groups in total. The first kappa shape index (κ1) is 10.2. The maximum Gasteiger partial charge on any atom is 0.276 e. The highest BCUT2D eigenvalue weighted by Crippen LogP contribution is 2.16. The molecular formula is C8H5BrN4OS. The summed E-state index contributed by atoms with van der Waals surface area (Å²) >= 11 is 4.54. The predicted molar refractivity (Wildman–Crippen MR) is 59.8 cm³/mol. The Hall–Kier alpha value is -1.34. The van der Waals surface area contributed by atoms with Crippen molar-refractivity contribution >= 4 is 39.0 Å². The van der Waals surface area contributed by atoms with Crippen LogP contribution in [0.4, 0.5) is 5.82 Å². The minimum Gasteiger partial charge on any atom is -0.304 e. The third-order valence-electron chi connectivity index (χ3n) is 1.52. The van der Waals surface area contributed by atoms with Crippen molar-refractivity contribution in [3.05, 3.63) is 33.3 Å². The fraction of sp³-hybridized carbons (Fsp3) is 0. The lowest BCUT2D eigenvalue weighted by molar-refractivity contribution is 0.102. The first-order valence-corrected chi connectivity index (χ1v) is 5.63. The van der Waals surface area contributed by atoms with Crippen LogP contribution in [-0.2, 0) is 0 Å². The summed E-state index contributed by atoms with van der Waals surface area (Å²) in [5.41, 5.74) is 0.359. The summed E-state index contributed by atoms with van der Waals surface area (Å²) in [7, 11) is 0. The van der Waals surface area contributed by atoms with Crippen molar-refractivity contribution in [2.45, 2.75) is 0 Å². The van der Waals surface area contributed by atoms with Crippen molar-refractivity contribution in [1.82, 2.24) is 15.2 Å². The molecule has 0 unspecified atom stereocenters. The number of nitrogens with one attached hydrogen (secondary N) is 1. The van der Waals surface area contributed by atoms with Gasteiger partial charge < -0.3 is 5.32 Å². The van der Waals surface area contributed by atoms with Crippen LogP contribution in [0.5, 0.6) is 0 Å². The number of thiazole rings is 1. The minimum absolute atomic E-state index is 0.294. The van der Waals surface area contributed by atoms with E-state index >= 15 is 0 Å². The number of amides is 1. The maximum atomic E-state index is 11.6.